The summed E-state index contributed by atoms with van der Waals surface area (Å²) in [7, 11) is 1.62. The second kappa shape index (κ2) is 7.90. The number of aromatic nitrogens is 2. The SMILES string of the molecule is CCN(C(=O)Cc1cccc(OC)c1)c1nc(-c2ccncc2)cs1. The molecule has 0 N–H and O–H groups in total. The highest BCUT2D eigenvalue weighted by Gasteiger charge is 2.18. The van der Waals surface area contributed by atoms with E-state index in [0.29, 0.717) is 18.1 Å². The highest BCUT2D eigenvalue weighted by atomic mass is 32.1. The molecule has 0 bridgehead atoms. The van der Waals surface area contributed by atoms with Crippen LogP contribution in [0.25, 0.3) is 11.3 Å². The molecule has 0 fully saturated rings. The molecule has 0 radical (unpaired) electrons. The smallest absolute Gasteiger partial charge is 0.233 e. The third kappa shape index (κ3) is 4.03. The second-order valence-electron chi connectivity index (χ2n) is 5.42. The minimum absolute atomic E-state index is 0.0198. The predicted molar refractivity (Wildman–Crippen MR) is 100 cm³/mol. The third-order valence-corrected chi connectivity index (χ3v) is 4.67. The summed E-state index contributed by atoms with van der Waals surface area (Å²) < 4.78 is 5.22. The molecule has 0 aliphatic rings. The maximum Gasteiger partial charge on any atom is 0.233 e. The van der Waals surface area contributed by atoms with Crippen molar-refractivity contribution in [2.24, 2.45) is 0 Å². The molecule has 25 heavy (non-hydrogen) atoms. The molecule has 0 aliphatic heterocycles. The summed E-state index contributed by atoms with van der Waals surface area (Å²) in [6.45, 7) is 2.53. The van der Waals surface area contributed by atoms with Crippen molar-refractivity contribution in [1.82, 2.24) is 9.97 Å². The molecule has 5 nitrogen and oxygen atoms in total. The van der Waals surface area contributed by atoms with Crippen LogP contribution in [0.2, 0.25) is 0 Å². The molecule has 0 atom stereocenters. The van der Waals surface area contributed by atoms with E-state index in [1.165, 1.54) is 11.3 Å². The molecule has 1 amide bonds. The minimum Gasteiger partial charge on any atom is -0.497 e. The first-order valence-corrected chi connectivity index (χ1v) is 8.88. The molecule has 0 unspecified atom stereocenters. The fraction of sp³-hybridized carbons (Fsp3) is 0.211. The third-order valence-electron chi connectivity index (χ3n) is 3.81. The Bertz CT molecular complexity index is 849. The van der Waals surface area contributed by atoms with Crippen molar-refractivity contribution in [1.29, 1.82) is 0 Å². The topological polar surface area (TPSA) is 55.3 Å². The highest BCUT2D eigenvalue weighted by molar-refractivity contribution is 7.14. The van der Waals surface area contributed by atoms with Gasteiger partial charge in [0.2, 0.25) is 5.91 Å². The van der Waals surface area contributed by atoms with Crippen molar-refractivity contribution in [2.75, 3.05) is 18.6 Å². The summed E-state index contributed by atoms with van der Waals surface area (Å²) in [4.78, 5) is 23.1. The predicted octanol–water partition coefficient (Wildman–Crippen LogP) is 3.81. The molecule has 3 aromatic rings. The summed E-state index contributed by atoms with van der Waals surface area (Å²) in [6, 6.07) is 11.4. The number of thiazole rings is 1. The molecule has 1 aromatic carbocycles. The molecule has 128 valence electrons. The van der Waals surface area contributed by atoms with Gasteiger partial charge >= 0.3 is 0 Å². The molecular weight excluding hydrogens is 334 g/mol. The number of carbonyl (C=O) groups is 1. The van der Waals surface area contributed by atoms with E-state index in [2.05, 4.69) is 9.97 Å². The normalized spacial score (nSPS) is 10.5. The number of ether oxygens (including phenoxy) is 1. The fourth-order valence-corrected chi connectivity index (χ4v) is 3.43. The average Bonchev–Trinajstić information content (AvgIpc) is 3.13. The molecular formula is C19H19N3O2S. The number of carbonyl (C=O) groups excluding carboxylic acids is 1. The van der Waals surface area contributed by atoms with Crippen molar-refractivity contribution in [3.8, 4) is 17.0 Å². The maximum atomic E-state index is 12.7. The van der Waals surface area contributed by atoms with Gasteiger partial charge in [0.25, 0.3) is 0 Å². The van der Waals surface area contributed by atoms with Gasteiger partial charge in [-0.15, -0.1) is 11.3 Å². The van der Waals surface area contributed by atoms with Gasteiger partial charge < -0.3 is 4.74 Å². The summed E-state index contributed by atoms with van der Waals surface area (Å²) in [6.07, 6.45) is 3.79. The van der Waals surface area contributed by atoms with Gasteiger partial charge in [-0.3, -0.25) is 14.7 Å². The number of likely N-dealkylation sites (N-methyl/N-ethyl adjacent to an activating group) is 1. The Balaban J connectivity index is 1.77. The van der Waals surface area contributed by atoms with Crippen LogP contribution in [-0.2, 0) is 11.2 Å². The van der Waals surface area contributed by atoms with Crippen molar-refractivity contribution < 1.29 is 9.53 Å². The van der Waals surface area contributed by atoms with Crippen LogP contribution in [0.15, 0.2) is 54.2 Å². The van der Waals surface area contributed by atoms with Gasteiger partial charge in [-0.1, -0.05) is 12.1 Å². The molecule has 3 rings (SSSR count). The Labute approximate surface area is 150 Å². The molecule has 6 heteroatoms. The molecule has 2 aromatic heterocycles. The molecule has 0 spiro atoms. The van der Waals surface area contributed by atoms with Crippen molar-refractivity contribution in [2.45, 2.75) is 13.3 Å². The van der Waals surface area contributed by atoms with E-state index in [0.717, 1.165) is 22.6 Å². The highest BCUT2D eigenvalue weighted by Crippen LogP contribution is 2.27. The van der Waals surface area contributed by atoms with Crippen LogP contribution < -0.4 is 9.64 Å². The molecule has 2 heterocycles. The van der Waals surface area contributed by atoms with Crippen LogP contribution in [0, 0.1) is 0 Å². The van der Waals surface area contributed by atoms with Crippen molar-refractivity contribution in [3.63, 3.8) is 0 Å². The lowest BCUT2D eigenvalue weighted by Crippen LogP contribution is -2.31. The van der Waals surface area contributed by atoms with Crippen LogP contribution in [0.4, 0.5) is 5.13 Å². The first-order chi connectivity index (χ1) is 12.2. The van der Waals surface area contributed by atoms with E-state index in [1.807, 2.05) is 48.7 Å². The number of rotatable bonds is 6. The lowest BCUT2D eigenvalue weighted by molar-refractivity contribution is -0.117. The Morgan fingerprint density at radius 3 is 2.76 bits per heavy atom. The number of anilines is 1. The first kappa shape index (κ1) is 17.1. The number of pyridine rings is 1. The lowest BCUT2D eigenvalue weighted by atomic mass is 10.1. The number of nitrogens with zero attached hydrogens (tertiary/aromatic N) is 3. The summed E-state index contributed by atoms with van der Waals surface area (Å²) >= 11 is 1.47. The van der Waals surface area contributed by atoms with Crippen LogP contribution in [0.3, 0.4) is 0 Å². The van der Waals surface area contributed by atoms with Gasteiger partial charge in [0.15, 0.2) is 5.13 Å². The second-order valence-corrected chi connectivity index (χ2v) is 6.25. The number of methoxy groups -OCH3 is 1. The maximum absolute atomic E-state index is 12.7. The molecule has 0 saturated heterocycles. The van der Waals surface area contributed by atoms with Crippen molar-refractivity contribution in [3.05, 3.63) is 59.7 Å². The van der Waals surface area contributed by atoms with Crippen LogP contribution in [0.1, 0.15) is 12.5 Å². The zero-order valence-electron chi connectivity index (χ0n) is 14.2. The fourth-order valence-electron chi connectivity index (χ4n) is 2.51. The Morgan fingerprint density at radius 2 is 2.04 bits per heavy atom. The van der Waals surface area contributed by atoms with E-state index >= 15 is 0 Å². The van der Waals surface area contributed by atoms with E-state index in [4.69, 9.17) is 4.74 Å². The quantitative estimate of drug-likeness (QED) is 0.676. The van der Waals surface area contributed by atoms with E-state index < -0.39 is 0 Å². The summed E-state index contributed by atoms with van der Waals surface area (Å²) in [5.41, 5.74) is 2.78. The van der Waals surface area contributed by atoms with Gasteiger partial charge in [-0.05, 0) is 36.8 Å². The largest absolute Gasteiger partial charge is 0.497 e. The summed E-state index contributed by atoms with van der Waals surface area (Å²) in [5, 5.41) is 2.67. The molecule has 0 saturated carbocycles. The van der Waals surface area contributed by atoms with Gasteiger partial charge in [-0.25, -0.2) is 4.98 Å². The van der Waals surface area contributed by atoms with E-state index in [1.54, 1.807) is 24.4 Å². The van der Waals surface area contributed by atoms with Gasteiger partial charge in [0.05, 0.1) is 19.2 Å². The lowest BCUT2D eigenvalue weighted by Gasteiger charge is -2.18. The zero-order valence-corrected chi connectivity index (χ0v) is 15.0. The van der Waals surface area contributed by atoms with Gasteiger partial charge in [0.1, 0.15) is 5.75 Å². The van der Waals surface area contributed by atoms with Gasteiger partial charge in [-0.2, -0.15) is 0 Å². The van der Waals surface area contributed by atoms with E-state index in [9.17, 15) is 4.79 Å². The number of amides is 1. The van der Waals surface area contributed by atoms with Crippen LogP contribution in [-0.4, -0.2) is 29.5 Å². The standard InChI is InChI=1S/C19H19N3O2S/c1-3-22(18(23)12-14-5-4-6-16(11-14)24-2)19-21-17(13-25-19)15-7-9-20-10-8-15/h4-11,13H,3,12H2,1-2H3. The van der Waals surface area contributed by atoms with Gasteiger partial charge in [0, 0.05) is 29.9 Å². The van der Waals surface area contributed by atoms with Crippen molar-refractivity contribution >= 4 is 22.4 Å². The number of hydrogen-bond donors (Lipinski definition) is 0. The van der Waals surface area contributed by atoms with Crippen LogP contribution in [0.5, 0.6) is 5.75 Å². The Hall–Kier alpha value is -2.73. The molecule has 0 aliphatic carbocycles. The first-order valence-electron chi connectivity index (χ1n) is 8.00. The van der Waals surface area contributed by atoms with E-state index in [-0.39, 0.29) is 5.91 Å². The summed E-state index contributed by atoms with van der Waals surface area (Å²) in [5.74, 6) is 0.772. The van der Waals surface area contributed by atoms with Crippen LogP contribution >= 0.6 is 11.3 Å². The minimum atomic E-state index is 0.0198. The zero-order chi connectivity index (χ0) is 17.6. The Morgan fingerprint density at radius 1 is 1.24 bits per heavy atom. The number of benzene rings is 1. The Kier molecular flexibility index (Phi) is 5.40. The average molecular weight is 353 g/mol. The number of hydrogen-bond acceptors (Lipinski definition) is 5. The monoisotopic (exact) mass is 353 g/mol.